The van der Waals surface area contributed by atoms with E-state index < -0.39 is 12.0 Å². The Morgan fingerprint density at radius 2 is 2.08 bits per heavy atom. The van der Waals surface area contributed by atoms with E-state index in [1.165, 1.54) is 17.4 Å². The number of aromatic nitrogens is 2. The zero-order valence-electron chi connectivity index (χ0n) is 13.2. The number of pyridine rings is 1. The highest BCUT2D eigenvalue weighted by molar-refractivity contribution is 7.14. The van der Waals surface area contributed by atoms with Gasteiger partial charge in [0.2, 0.25) is 0 Å². The maximum atomic E-state index is 12.4. The molecule has 0 radical (unpaired) electrons. The molecule has 3 aromatic rings. The smallest absolute Gasteiger partial charge is 0.414 e. The quantitative estimate of drug-likeness (QED) is 0.746. The second-order valence-corrected chi connectivity index (χ2v) is 5.82. The highest BCUT2D eigenvalue weighted by Gasteiger charge is 2.18. The van der Waals surface area contributed by atoms with Crippen molar-refractivity contribution >= 4 is 39.8 Å². The van der Waals surface area contributed by atoms with Crippen LogP contribution in [-0.4, -0.2) is 34.1 Å². The molecule has 0 aromatic carbocycles. The first kappa shape index (κ1) is 16.7. The summed E-state index contributed by atoms with van der Waals surface area (Å²) in [6.45, 7) is 1.79. The summed E-state index contributed by atoms with van der Waals surface area (Å²) in [5, 5.41) is 10.8. The van der Waals surface area contributed by atoms with E-state index in [0.29, 0.717) is 10.6 Å². The summed E-state index contributed by atoms with van der Waals surface area (Å²) >= 11 is 1.18. The largest absolute Gasteiger partial charge is 0.450 e. The highest BCUT2D eigenvalue weighted by Crippen LogP contribution is 2.24. The van der Waals surface area contributed by atoms with Gasteiger partial charge in [0, 0.05) is 18.0 Å². The Morgan fingerprint density at radius 3 is 2.88 bits per heavy atom. The van der Waals surface area contributed by atoms with Gasteiger partial charge in [-0.25, -0.2) is 9.31 Å². The molecule has 128 valence electrons. The van der Waals surface area contributed by atoms with Crippen molar-refractivity contribution in [2.45, 2.75) is 6.92 Å². The summed E-state index contributed by atoms with van der Waals surface area (Å²) in [5.41, 5.74) is 1.40. The van der Waals surface area contributed by atoms with Gasteiger partial charge in [-0.1, -0.05) is 0 Å². The number of carbonyl (C=O) groups is 3. The Labute approximate surface area is 146 Å². The Kier molecular flexibility index (Phi) is 4.75. The minimum absolute atomic E-state index is 0.156. The maximum Gasteiger partial charge on any atom is 0.414 e. The lowest BCUT2D eigenvalue weighted by atomic mass is 10.2. The van der Waals surface area contributed by atoms with Crippen molar-refractivity contribution in [1.82, 2.24) is 14.9 Å². The van der Waals surface area contributed by atoms with Gasteiger partial charge in [0.1, 0.15) is 5.00 Å². The molecule has 0 unspecified atom stereocenters. The molecular weight excluding hydrogens is 344 g/mol. The van der Waals surface area contributed by atoms with E-state index >= 15 is 0 Å². The Morgan fingerprint density at radius 1 is 1.24 bits per heavy atom. The van der Waals surface area contributed by atoms with Gasteiger partial charge >= 0.3 is 6.09 Å². The van der Waals surface area contributed by atoms with Crippen LogP contribution >= 0.6 is 11.3 Å². The highest BCUT2D eigenvalue weighted by atomic mass is 32.1. The fourth-order valence-electron chi connectivity index (χ4n) is 2.15. The van der Waals surface area contributed by atoms with E-state index in [0.717, 1.165) is 5.52 Å². The normalized spacial score (nSPS) is 10.4. The number of alkyl carbamates (subject to hydrolysis) is 1. The Bertz CT molecular complexity index is 946. The molecule has 3 amide bonds. The molecule has 0 bridgehead atoms. The number of amides is 3. The topological polar surface area (TPSA) is 102 Å². The molecule has 9 heteroatoms. The molecular formula is C16H14N4O4S. The summed E-state index contributed by atoms with van der Waals surface area (Å²) in [7, 11) is 0. The van der Waals surface area contributed by atoms with Gasteiger partial charge in [-0.2, -0.15) is 5.10 Å². The lowest BCUT2D eigenvalue weighted by molar-refractivity contribution is 0.0926. The molecule has 0 spiro atoms. The second-order valence-electron chi connectivity index (χ2n) is 4.91. The van der Waals surface area contributed by atoms with E-state index in [1.54, 1.807) is 47.4 Å². The number of anilines is 1. The molecule has 8 nitrogen and oxygen atoms in total. The van der Waals surface area contributed by atoms with Crippen LogP contribution in [0.5, 0.6) is 0 Å². The SMILES string of the molecule is CCOC(=O)NC(=O)c1ccsc1NC(=O)c1ccn2nccc2c1. The third kappa shape index (κ3) is 3.66. The monoisotopic (exact) mass is 358 g/mol. The van der Waals surface area contributed by atoms with Gasteiger partial charge in [-0.05, 0) is 36.6 Å². The zero-order valence-corrected chi connectivity index (χ0v) is 14.0. The number of nitrogens with one attached hydrogen (secondary N) is 2. The van der Waals surface area contributed by atoms with Gasteiger partial charge in [-0.15, -0.1) is 11.3 Å². The third-order valence-corrected chi connectivity index (χ3v) is 4.12. The van der Waals surface area contributed by atoms with Crippen molar-refractivity contribution in [3.63, 3.8) is 0 Å². The van der Waals surface area contributed by atoms with Gasteiger partial charge < -0.3 is 10.1 Å². The number of nitrogens with zero attached hydrogens (tertiary/aromatic N) is 2. The van der Waals surface area contributed by atoms with E-state index in [-0.39, 0.29) is 18.1 Å². The van der Waals surface area contributed by atoms with Crippen LogP contribution in [0.2, 0.25) is 0 Å². The second kappa shape index (κ2) is 7.14. The third-order valence-electron chi connectivity index (χ3n) is 3.29. The number of thiophene rings is 1. The van der Waals surface area contributed by atoms with Crippen molar-refractivity contribution in [2.24, 2.45) is 0 Å². The first-order valence-corrected chi connectivity index (χ1v) is 8.27. The van der Waals surface area contributed by atoms with Crippen LogP contribution in [0.15, 0.2) is 42.0 Å². The molecule has 2 N–H and O–H groups in total. The number of carbonyl (C=O) groups excluding carboxylic acids is 3. The van der Waals surface area contributed by atoms with Crippen LogP contribution in [0.3, 0.4) is 0 Å². The van der Waals surface area contributed by atoms with Crippen molar-refractivity contribution in [1.29, 1.82) is 0 Å². The van der Waals surface area contributed by atoms with Crippen LogP contribution in [-0.2, 0) is 4.74 Å². The van der Waals surface area contributed by atoms with Crippen molar-refractivity contribution < 1.29 is 19.1 Å². The molecule has 0 fully saturated rings. The molecule has 0 atom stereocenters. The summed E-state index contributed by atoms with van der Waals surface area (Å²) < 4.78 is 6.31. The lowest BCUT2D eigenvalue weighted by Crippen LogP contribution is -2.31. The minimum atomic E-state index is -0.831. The van der Waals surface area contributed by atoms with E-state index in [2.05, 4.69) is 20.5 Å². The maximum absolute atomic E-state index is 12.4. The fraction of sp³-hybridized carbons (Fsp3) is 0.125. The molecule has 0 saturated carbocycles. The molecule has 0 aliphatic heterocycles. The number of imide groups is 1. The molecule has 0 saturated heterocycles. The van der Waals surface area contributed by atoms with Crippen molar-refractivity contribution in [3.8, 4) is 0 Å². The molecule has 0 aliphatic rings. The van der Waals surface area contributed by atoms with Gasteiger partial charge in [0.15, 0.2) is 0 Å². The molecule has 3 rings (SSSR count). The number of fused-ring (bicyclic) bond motifs is 1. The Hall–Kier alpha value is -3.20. The minimum Gasteiger partial charge on any atom is -0.450 e. The lowest BCUT2D eigenvalue weighted by Gasteiger charge is -2.07. The number of ether oxygens (including phenoxy) is 1. The summed E-state index contributed by atoms with van der Waals surface area (Å²) in [5.74, 6) is -1.00. The zero-order chi connectivity index (χ0) is 17.8. The van der Waals surface area contributed by atoms with E-state index in [4.69, 9.17) is 0 Å². The average Bonchev–Trinajstić information content (AvgIpc) is 3.22. The summed E-state index contributed by atoms with van der Waals surface area (Å²) in [6, 6.07) is 6.62. The average molecular weight is 358 g/mol. The van der Waals surface area contributed by atoms with E-state index in [1.807, 2.05) is 0 Å². The number of rotatable bonds is 4. The van der Waals surface area contributed by atoms with Gasteiger partial charge in [0.05, 0.1) is 17.7 Å². The first-order valence-electron chi connectivity index (χ1n) is 7.39. The van der Waals surface area contributed by atoms with Gasteiger partial charge in [-0.3, -0.25) is 14.9 Å². The van der Waals surface area contributed by atoms with Crippen LogP contribution in [0.1, 0.15) is 27.6 Å². The fourth-order valence-corrected chi connectivity index (χ4v) is 2.93. The van der Waals surface area contributed by atoms with Crippen LogP contribution in [0, 0.1) is 0 Å². The molecule has 25 heavy (non-hydrogen) atoms. The van der Waals surface area contributed by atoms with Gasteiger partial charge in [0.25, 0.3) is 11.8 Å². The van der Waals surface area contributed by atoms with Crippen LogP contribution < -0.4 is 10.6 Å². The summed E-state index contributed by atoms with van der Waals surface area (Å²) in [6.07, 6.45) is 2.48. The van der Waals surface area contributed by atoms with Crippen molar-refractivity contribution in [2.75, 3.05) is 11.9 Å². The first-order chi connectivity index (χ1) is 12.1. The molecule has 3 aromatic heterocycles. The predicted octanol–water partition coefficient (Wildman–Crippen LogP) is 2.53. The van der Waals surface area contributed by atoms with Crippen LogP contribution in [0.25, 0.3) is 5.52 Å². The van der Waals surface area contributed by atoms with E-state index in [9.17, 15) is 14.4 Å². The Balaban J connectivity index is 1.74. The standard InChI is InChI=1S/C16H14N4O4S/c1-2-24-16(23)19-14(22)12-5-8-25-15(12)18-13(21)10-4-7-20-11(9-10)3-6-17-20/h3-9H,2H2,1H3,(H,18,21)(H,19,22,23). The van der Waals surface area contributed by atoms with Crippen LogP contribution in [0.4, 0.5) is 9.80 Å². The molecule has 0 aliphatic carbocycles. The molecule has 3 heterocycles. The predicted molar refractivity (Wildman–Crippen MR) is 92.0 cm³/mol. The number of hydrogen-bond acceptors (Lipinski definition) is 6. The number of hydrogen-bond donors (Lipinski definition) is 2. The summed E-state index contributed by atoms with van der Waals surface area (Å²) in [4.78, 5) is 35.9. The van der Waals surface area contributed by atoms with Crippen molar-refractivity contribution in [3.05, 3.63) is 53.2 Å².